The smallest absolute Gasteiger partial charge is 0.340 e. The average Bonchev–Trinajstić information content (AvgIpc) is 3.48. The number of pyridine rings is 1. The summed E-state index contributed by atoms with van der Waals surface area (Å²) in [6.45, 7) is 5.84. The third-order valence-corrected chi connectivity index (χ3v) is 6.49. The van der Waals surface area contributed by atoms with Gasteiger partial charge in [0.05, 0.1) is 37.4 Å². The van der Waals surface area contributed by atoms with Gasteiger partial charge in [0, 0.05) is 79.2 Å². The number of hydrogen-bond acceptors (Lipinski definition) is 7. The number of carbonyl (C=O) groups excluding carboxylic acids is 1. The third-order valence-electron chi connectivity index (χ3n) is 6.49. The molecular formula is C26H31Cl2N5O4. The van der Waals surface area contributed by atoms with Crippen LogP contribution in [0.1, 0.15) is 28.5 Å². The van der Waals surface area contributed by atoms with Crippen molar-refractivity contribution in [1.29, 1.82) is 0 Å². The summed E-state index contributed by atoms with van der Waals surface area (Å²) in [5.41, 5.74) is 4.26. The highest BCUT2D eigenvalue weighted by molar-refractivity contribution is 6.09. The predicted octanol–water partition coefficient (Wildman–Crippen LogP) is 4.04. The molecule has 0 unspecified atom stereocenters. The SMILES string of the molecule is CCOC(=O)c1c(CN2CCOCC2)n(C)c2cc(-c3cccnc3)c(O)c(Cn3cccn3)c12.Cl.Cl. The fourth-order valence-electron chi connectivity index (χ4n) is 4.75. The van der Waals surface area contributed by atoms with Crippen molar-refractivity contribution in [1.82, 2.24) is 24.2 Å². The molecule has 11 heteroatoms. The van der Waals surface area contributed by atoms with E-state index in [4.69, 9.17) is 9.47 Å². The lowest BCUT2D eigenvalue weighted by Crippen LogP contribution is -2.36. The zero-order chi connectivity index (χ0) is 24.4. The molecular weight excluding hydrogens is 517 g/mol. The number of hydrogen-bond donors (Lipinski definition) is 1. The van der Waals surface area contributed by atoms with Gasteiger partial charge >= 0.3 is 5.97 Å². The molecule has 37 heavy (non-hydrogen) atoms. The molecule has 198 valence electrons. The molecule has 0 aliphatic carbocycles. The number of halogens is 2. The molecule has 1 aliphatic heterocycles. The van der Waals surface area contributed by atoms with Crippen LogP contribution in [-0.2, 0) is 29.6 Å². The molecule has 5 rings (SSSR count). The van der Waals surface area contributed by atoms with Crippen molar-refractivity contribution in [3.8, 4) is 16.9 Å². The Hall–Kier alpha value is -3.11. The van der Waals surface area contributed by atoms with Crippen molar-refractivity contribution in [3.63, 3.8) is 0 Å². The van der Waals surface area contributed by atoms with Gasteiger partial charge in [-0.1, -0.05) is 6.07 Å². The molecule has 4 heterocycles. The maximum atomic E-state index is 13.4. The predicted molar refractivity (Wildman–Crippen MR) is 146 cm³/mol. The zero-order valence-corrected chi connectivity index (χ0v) is 22.4. The summed E-state index contributed by atoms with van der Waals surface area (Å²) in [6.07, 6.45) is 6.96. The lowest BCUT2D eigenvalue weighted by Gasteiger charge is -2.27. The molecule has 0 bridgehead atoms. The average molecular weight is 548 g/mol. The molecule has 0 saturated carbocycles. The second-order valence-corrected chi connectivity index (χ2v) is 8.58. The van der Waals surface area contributed by atoms with E-state index in [0.29, 0.717) is 48.4 Å². The van der Waals surface area contributed by atoms with Crippen LogP contribution in [0.2, 0.25) is 0 Å². The van der Waals surface area contributed by atoms with Crippen molar-refractivity contribution in [2.75, 3.05) is 32.9 Å². The van der Waals surface area contributed by atoms with E-state index in [0.717, 1.165) is 29.9 Å². The number of rotatable bonds is 7. The van der Waals surface area contributed by atoms with Crippen LogP contribution in [0.15, 0.2) is 49.1 Å². The zero-order valence-electron chi connectivity index (χ0n) is 20.8. The molecule has 4 aromatic rings. The van der Waals surface area contributed by atoms with Crippen LogP contribution in [0.3, 0.4) is 0 Å². The maximum Gasteiger partial charge on any atom is 0.340 e. The molecule has 1 N–H and O–H groups in total. The van der Waals surface area contributed by atoms with Crippen LogP contribution in [0.4, 0.5) is 0 Å². The first-order chi connectivity index (χ1) is 17.1. The summed E-state index contributed by atoms with van der Waals surface area (Å²) in [4.78, 5) is 19.9. The number of aromatic hydroxyl groups is 1. The minimum Gasteiger partial charge on any atom is -0.507 e. The quantitative estimate of drug-likeness (QED) is 0.349. The number of ether oxygens (including phenoxy) is 2. The highest BCUT2D eigenvalue weighted by atomic mass is 35.5. The highest BCUT2D eigenvalue weighted by Crippen LogP contribution is 2.41. The lowest BCUT2D eigenvalue weighted by atomic mass is 9.96. The van der Waals surface area contributed by atoms with E-state index < -0.39 is 5.97 Å². The van der Waals surface area contributed by atoms with Gasteiger partial charge in [-0.2, -0.15) is 5.10 Å². The number of morpholine rings is 1. The maximum absolute atomic E-state index is 13.4. The monoisotopic (exact) mass is 547 g/mol. The number of carbonyl (C=O) groups is 1. The van der Waals surface area contributed by atoms with Gasteiger partial charge in [0.1, 0.15) is 5.75 Å². The molecule has 0 amide bonds. The Kier molecular flexibility index (Phi) is 9.56. The first-order valence-electron chi connectivity index (χ1n) is 11.8. The van der Waals surface area contributed by atoms with Gasteiger partial charge in [0.25, 0.3) is 0 Å². The number of phenolic OH excluding ortho intramolecular Hbond substituents is 1. The third kappa shape index (κ3) is 5.60. The van der Waals surface area contributed by atoms with Gasteiger partial charge in [-0.05, 0) is 25.1 Å². The van der Waals surface area contributed by atoms with Crippen LogP contribution < -0.4 is 0 Å². The Labute approximate surface area is 227 Å². The number of aryl methyl sites for hydroxylation is 1. The minimum atomic E-state index is -0.392. The Morgan fingerprint density at radius 3 is 2.59 bits per heavy atom. The van der Waals surface area contributed by atoms with Crippen LogP contribution >= 0.6 is 24.8 Å². The largest absolute Gasteiger partial charge is 0.507 e. The normalized spacial score (nSPS) is 13.7. The number of fused-ring (bicyclic) bond motifs is 1. The Balaban J connectivity index is 0.00000190. The van der Waals surface area contributed by atoms with E-state index in [2.05, 4.69) is 15.0 Å². The Morgan fingerprint density at radius 2 is 1.95 bits per heavy atom. The molecule has 1 saturated heterocycles. The fraction of sp³-hybridized carbons (Fsp3) is 0.346. The molecule has 9 nitrogen and oxygen atoms in total. The van der Waals surface area contributed by atoms with E-state index >= 15 is 0 Å². The van der Waals surface area contributed by atoms with Crippen molar-refractivity contribution >= 4 is 41.7 Å². The summed E-state index contributed by atoms with van der Waals surface area (Å²) >= 11 is 0. The number of benzene rings is 1. The van der Waals surface area contributed by atoms with E-state index in [9.17, 15) is 9.90 Å². The Bertz CT molecular complexity index is 1340. The Morgan fingerprint density at radius 1 is 1.16 bits per heavy atom. The summed E-state index contributed by atoms with van der Waals surface area (Å²) in [7, 11) is 1.96. The van der Waals surface area contributed by atoms with E-state index in [1.165, 1.54) is 0 Å². The first kappa shape index (κ1) is 28.5. The number of esters is 1. The van der Waals surface area contributed by atoms with Crippen molar-refractivity contribution in [3.05, 3.63) is 65.9 Å². The van der Waals surface area contributed by atoms with Gasteiger partial charge in [-0.25, -0.2) is 4.79 Å². The lowest BCUT2D eigenvalue weighted by molar-refractivity contribution is 0.0328. The van der Waals surface area contributed by atoms with Crippen molar-refractivity contribution < 1.29 is 19.4 Å². The molecule has 0 radical (unpaired) electrons. The minimum absolute atomic E-state index is 0. The number of nitrogens with zero attached hydrogens (tertiary/aromatic N) is 5. The molecule has 1 fully saturated rings. The standard InChI is InChI=1S/C26H29N5O4.2ClH/c1-3-35-26(33)24-22(17-30-10-12-34-13-11-30)29(2)21-14-19(18-6-4-7-27-15-18)25(32)20(23(21)24)16-31-9-5-8-28-31;;/h4-9,14-15,32H,3,10-13,16-17H2,1-2H3;2*1H. The van der Waals surface area contributed by atoms with Gasteiger partial charge in [0.15, 0.2) is 0 Å². The van der Waals surface area contributed by atoms with Gasteiger partial charge < -0.3 is 19.1 Å². The summed E-state index contributed by atoms with van der Waals surface area (Å²) in [5.74, 6) is -0.285. The molecule has 0 spiro atoms. The van der Waals surface area contributed by atoms with Gasteiger partial charge in [-0.15, -0.1) is 24.8 Å². The van der Waals surface area contributed by atoms with Crippen LogP contribution in [0.5, 0.6) is 5.75 Å². The topological polar surface area (TPSA) is 94.6 Å². The van der Waals surface area contributed by atoms with E-state index in [-0.39, 0.29) is 37.2 Å². The molecule has 0 atom stereocenters. The number of phenols is 1. The fourth-order valence-corrected chi connectivity index (χ4v) is 4.75. The molecule has 1 aromatic carbocycles. The van der Waals surface area contributed by atoms with Crippen molar-refractivity contribution in [2.24, 2.45) is 7.05 Å². The molecule has 3 aromatic heterocycles. The molecule has 1 aliphatic rings. The van der Waals surface area contributed by atoms with E-state index in [1.54, 1.807) is 30.2 Å². The van der Waals surface area contributed by atoms with E-state index in [1.807, 2.05) is 42.1 Å². The van der Waals surface area contributed by atoms with Gasteiger partial charge in [0.2, 0.25) is 0 Å². The van der Waals surface area contributed by atoms with Crippen LogP contribution in [-0.4, -0.2) is 68.2 Å². The van der Waals surface area contributed by atoms with Gasteiger partial charge in [-0.3, -0.25) is 14.6 Å². The highest BCUT2D eigenvalue weighted by Gasteiger charge is 2.29. The second-order valence-electron chi connectivity index (χ2n) is 8.58. The summed E-state index contributed by atoms with van der Waals surface area (Å²) < 4.78 is 14.8. The van der Waals surface area contributed by atoms with Crippen LogP contribution in [0.25, 0.3) is 22.0 Å². The summed E-state index contributed by atoms with van der Waals surface area (Å²) in [5, 5.41) is 16.6. The number of aromatic nitrogens is 4. The second kappa shape index (κ2) is 12.4. The first-order valence-corrected chi connectivity index (χ1v) is 11.8. The van der Waals surface area contributed by atoms with Crippen LogP contribution in [0, 0.1) is 0 Å². The summed E-state index contributed by atoms with van der Waals surface area (Å²) in [6, 6.07) is 7.51. The van der Waals surface area contributed by atoms with Crippen molar-refractivity contribution in [2.45, 2.75) is 20.0 Å².